The molecule has 0 aliphatic heterocycles. The van der Waals surface area contributed by atoms with Crippen molar-refractivity contribution < 1.29 is 19.4 Å². The monoisotopic (exact) mass is 293 g/mol. The molecule has 1 rings (SSSR count). The average molecular weight is 293 g/mol. The lowest BCUT2D eigenvalue weighted by Crippen LogP contribution is -2.46. The first-order chi connectivity index (χ1) is 9.85. The molecule has 1 aromatic carbocycles. The summed E-state index contributed by atoms with van der Waals surface area (Å²) in [6.45, 7) is 5.87. The maximum Gasteiger partial charge on any atom is 0.303 e. The van der Waals surface area contributed by atoms with Crippen LogP contribution in [0.4, 0.5) is 0 Å². The molecule has 1 amide bonds. The van der Waals surface area contributed by atoms with E-state index in [1.54, 1.807) is 0 Å². The van der Waals surface area contributed by atoms with Gasteiger partial charge in [0.1, 0.15) is 0 Å². The van der Waals surface area contributed by atoms with Crippen LogP contribution < -0.4 is 5.32 Å². The summed E-state index contributed by atoms with van der Waals surface area (Å²) in [7, 11) is 0. The molecule has 1 atom stereocenters. The second kappa shape index (κ2) is 7.78. The molecule has 0 aromatic heterocycles. The molecule has 0 spiro atoms. The Labute approximate surface area is 125 Å². The van der Waals surface area contributed by atoms with Gasteiger partial charge in [-0.25, -0.2) is 0 Å². The molecular formula is C16H23NO4. The van der Waals surface area contributed by atoms with Crippen LogP contribution in [0.2, 0.25) is 0 Å². The molecular weight excluding hydrogens is 270 g/mol. The Bertz CT molecular complexity index is 470. The Hall–Kier alpha value is -1.88. The van der Waals surface area contributed by atoms with E-state index in [2.05, 4.69) is 5.32 Å². The first kappa shape index (κ1) is 17.2. The Morgan fingerprint density at radius 1 is 1.29 bits per heavy atom. The average Bonchev–Trinajstić information content (AvgIpc) is 2.43. The van der Waals surface area contributed by atoms with Crippen molar-refractivity contribution >= 4 is 11.9 Å². The minimum atomic E-state index is -0.873. The van der Waals surface area contributed by atoms with Crippen molar-refractivity contribution in [1.29, 1.82) is 0 Å². The van der Waals surface area contributed by atoms with E-state index in [9.17, 15) is 9.59 Å². The van der Waals surface area contributed by atoms with E-state index >= 15 is 0 Å². The van der Waals surface area contributed by atoms with Crippen LogP contribution in [0.1, 0.15) is 45.3 Å². The lowest BCUT2D eigenvalue weighted by atomic mass is 9.97. The van der Waals surface area contributed by atoms with Crippen LogP contribution in [-0.2, 0) is 14.3 Å². The van der Waals surface area contributed by atoms with Gasteiger partial charge >= 0.3 is 5.97 Å². The van der Waals surface area contributed by atoms with Gasteiger partial charge in [-0.1, -0.05) is 30.3 Å². The molecule has 116 valence electrons. The van der Waals surface area contributed by atoms with Gasteiger partial charge in [0, 0.05) is 18.6 Å². The number of carboxylic acids is 1. The summed E-state index contributed by atoms with van der Waals surface area (Å²) in [5.41, 5.74) is 0.186. The number of aliphatic carboxylic acids is 1. The molecule has 5 heteroatoms. The van der Waals surface area contributed by atoms with Gasteiger partial charge in [-0.2, -0.15) is 0 Å². The van der Waals surface area contributed by atoms with Crippen LogP contribution in [0.3, 0.4) is 0 Å². The molecule has 0 saturated carbocycles. The number of ether oxygens (including phenoxy) is 1. The third-order valence-corrected chi connectivity index (χ3v) is 3.10. The molecule has 0 saturated heterocycles. The van der Waals surface area contributed by atoms with Crippen LogP contribution in [0.15, 0.2) is 30.3 Å². The third-order valence-electron chi connectivity index (χ3n) is 3.10. The Morgan fingerprint density at radius 2 is 1.90 bits per heavy atom. The van der Waals surface area contributed by atoms with Gasteiger partial charge in [0.25, 0.3) is 5.91 Å². The van der Waals surface area contributed by atoms with Crippen molar-refractivity contribution in [2.45, 2.75) is 45.3 Å². The van der Waals surface area contributed by atoms with Crippen LogP contribution >= 0.6 is 0 Å². The molecule has 2 N–H and O–H groups in total. The van der Waals surface area contributed by atoms with Gasteiger partial charge in [-0.05, 0) is 32.8 Å². The highest BCUT2D eigenvalue weighted by Gasteiger charge is 2.27. The number of benzene rings is 1. The zero-order valence-electron chi connectivity index (χ0n) is 12.8. The number of hydrogen-bond acceptors (Lipinski definition) is 3. The summed E-state index contributed by atoms with van der Waals surface area (Å²) >= 11 is 0. The smallest absolute Gasteiger partial charge is 0.303 e. The van der Waals surface area contributed by atoms with Gasteiger partial charge in [0.2, 0.25) is 0 Å². The first-order valence-corrected chi connectivity index (χ1v) is 7.06. The predicted octanol–water partition coefficient (Wildman–Crippen LogP) is 2.52. The van der Waals surface area contributed by atoms with E-state index < -0.39 is 17.6 Å². The van der Waals surface area contributed by atoms with Crippen LogP contribution in [0.5, 0.6) is 0 Å². The highest BCUT2D eigenvalue weighted by molar-refractivity contribution is 5.83. The van der Waals surface area contributed by atoms with Gasteiger partial charge in [-0.3, -0.25) is 9.59 Å². The van der Waals surface area contributed by atoms with Gasteiger partial charge in [-0.15, -0.1) is 0 Å². The minimum Gasteiger partial charge on any atom is -0.481 e. The molecule has 0 bridgehead atoms. The first-order valence-electron chi connectivity index (χ1n) is 7.06. The van der Waals surface area contributed by atoms with Crippen molar-refractivity contribution in [2.75, 3.05) is 6.61 Å². The fraction of sp³-hybridized carbons (Fsp3) is 0.500. The van der Waals surface area contributed by atoms with Gasteiger partial charge < -0.3 is 15.2 Å². The van der Waals surface area contributed by atoms with Gasteiger partial charge in [0.05, 0.1) is 0 Å². The number of carboxylic acid groups (broad SMARTS) is 1. The van der Waals surface area contributed by atoms with E-state index in [0.29, 0.717) is 13.0 Å². The van der Waals surface area contributed by atoms with E-state index in [1.165, 1.54) is 0 Å². The summed E-state index contributed by atoms with van der Waals surface area (Å²) in [5, 5.41) is 11.6. The fourth-order valence-corrected chi connectivity index (χ4v) is 2.00. The second-order valence-electron chi connectivity index (χ2n) is 5.51. The predicted molar refractivity (Wildman–Crippen MR) is 79.9 cm³/mol. The van der Waals surface area contributed by atoms with E-state index in [1.807, 2.05) is 51.1 Å². The number of rotatable bonds is 8. The lowest BCUT2D eigenvalue weighted by Gasteiger charge is -2.28. The van der Waals surface area contributed by atoms with Crippen molar-refractivity contribution in [1.82, 2.24) is 5.32 Å². The summed E-state index contributed by atoms with van der Waals surface area (Å²) < 4.78 is 5.53. The largest absolute Gasteiger partial charge is 0.481 e. The zero-order chi connectivity index (χ0) is 15.9. The molecule has 1 unspecified atom stereocenters. The number of carbonyl (C=O) groups excluding carboxylic acids is 1. The van der Waals surface area contributed by atoms with Crippen LogP contribution in [-0.4, -0.2) is 29.1 Å². The molecule has 21 heavy (non-hydrogen) atoms. The molecule has 0 fully saturated rings. The summed E-state index contributed by atoms with van der Waals surface area (Å²) in [6, 6.07) is 9.25. The van der Waals surface area contributed by atoms with Crippen molar-refractivity contribution in [3.63, 3.8) is 0 Å². The number of carbonyl (C=O) groups is 2. The molecule has 0 heterocycles. The molecule has 0 aliphatic carbocycles. The number of nitrogens with one attached hydrogen (secondary N) is 1. The van der Waals surface area contributed by atoms with Crippen LogP contribution in [0.25, 0.3) is 0 Å². The summed E-state index contributed by atoms with van der Waals surface area (Å²) in [4.78, 5) is 23.1. The van der Waals surface area contributed by atoms with Gasteiger partial charge in [0.15, 0.2) is 6.10 Å². The van der Waals surface area contributed by atoms with E-state index in [4.69, 9.17) is 9.84 Å². The molecule has 1 aromatic rings. The molecule has 0 radical (unpaired) electrons. The zero-order valence-corrected chi connectivity index (χ0v) is 12.8. The Balaban J connectivity index is 2.75. The number of amides is 1. The molecule has 5 nitrogen and oxygen atoms in total. The topological polar surface area (TPSA) is 75.6 Å². The third kappa shape index (κ3) is 5.95. The maximum absolute atomic E-state index is 12.4. The Morgan fingerprint density at radius 3 is 2.43 bits per heavy atom. The Kier molecular flexibility index (Phi) is 6.37. The SMILES string of the molecule is CCOC(C(=O)NC(C)(C)CCC(=O)O)c1ccccc1. The van der Waals surface area contributed by atoms with Crippen molar-refractivity contribution in [2.24, 2.45) is 0 Å². The maximum atomic E-state index is 12.4. The van der Waals surface area contributed by atoms with E-state index in [-0.39, 0.29) is 12.3 Å². The second-order valence-corrected chi connectivity index (χ2v) is 5.51. The standard InChI is InChI=1S/C16H23NO4/c1-4-21-14(12-8-6-5-7-9-12)15(20)17-16(2,3)11-10-13(18)19/h5-9,14H,4,10-11H2,1-3H3,(H,17,20)(H,18,19). The summed E-state index contributed by atoms with van der Waals surface area (Å²) in [5.74, 6) is -1.12. The van der Waals surface area contributed by atoms with Crippen molar-refractivity contribution in [3.8, 4) is 0 Å². The highest BCUT2D eigenvalue weighted by atomic mass is 16.5. The minimum absolute atomic E-state index is 0.0118. The van der Waals surface area contributed by atoms with Crippen molar-refractivity contribution in [3.05, 3.63) is 35.9 Å². The fourth-order valence-electron chi connectivity index (χ4n) is 2.00. The van der Waals surface area contributed by atoms with E-state index in [0.717, 1.165) is 5.56 Å². The lowest BCUT2D eigenvalue weighted by molar-refractivity contribution is -0.139. The summed E-state index contributed by atoms with van der Waals surface area (Å²) in [6.07, 6.45) is -0.306. The quantitative estimate of drug-likeness (QED) is 0.772. The van der Waals surface area contributed by atoms with Crippen LogP contribution in [0, 0.1) is 0 Å². The number of hydrogen-bond donors (Lipinski definition) is 2. The molecule has 0 aliphatic rings. The normalized spacial score (nSPS) is 12.7. The highest BCUT2D eigenvalue weighted by Crippen LogP contribution is 2.20.